The Bertz CT molecular complexity index is 538. The van der Waals surface area contributed by atoms with Gasteiger partial charge in [0.15, 0.2) is 0 Å². The molecule has 0 fully saturated rings. The largest absolute Gasteiger partial charge is 0.480 e. The van der Waals surface area contributed by atoms with Gasteiger partial charge in [-0.3, -0.25) is 15.1 Å². The van der Waals surface area contributed by atoms with E-state index in [-0.39, 0.29) is 0 Å². The van der Waals surface area contributed by atoms with Crippen molar-refractivity contribution in [2.75, 3.05) is 0 Å². The number of carboxylic acid groups (broad SMARTS) is 1. The van der Waals surface area contributed by atoms with Crippen molar-refractivity contribution in [1.29, 1.82) is 0 Å². The maximum absolute atomic E-state index is 11.3. The first-order valence-corrected chi connectivity index (χ1v) is 6.08. The number of nitrogens with one attached hydrogen (secondary N) is 1. The van der Waals surface area contributed by atoms with Crippen LogP contribution in [0.4, 0.5) is 0 Å². The zero-order valence-electron chi connectivity index (χ0n) is 10.7. The minimum absolute atomic E-state index is 0.493. The third kappa shape index (κ3) is 3.63. The highest BCUT2D eigenvalue weighted by atomic mass is 16.4. The van der Waals surface area contributed by atoms with Crippen LogP contribution in [0.15, 0.2) is 48.8 Å². The Balaban J connectivity index is 2.09. The number of carboxylic acids is 1. The predicted molar refractivity (Wildman–Crippen MR) is 72.6 cm³/mol. The van der Waals surface area contributed by atoms with Crippen LogP contribution in [0.2, 0.25) is 0 Å². The van der Waals surface area contributed by atoms with Gasteiger partial charge in [0, 0.05) is 18.9 Å². The van der Waals surface area contributed by atoms with Crippen LogP contribution in [-0.2, 0) is 11.3 Å². The standard InChI is InChI=1S/C15H16N2O2/c1-11-2-4-13(5-3-11)14(15(18)19)17-10-12-6-8-16-9-7-12/h2-9,14,17H,10H2,1H3,(H,18,19). The van der Waals surface area contributed by atoms with E-state index in [2.05, 4.69) is 10.3 Å². The van der Waals surface area contributed by atoms with E-state index < -0.39 is 12.0 Å². The zero-order valence-corrected chi connectivity index (χ0v) is 10.7. The van der Waals surface area contributed by atoms with E-state index in [1.165, 1.54) is 0 Å². The van der Waals surface area contributed by atoms with E-state index in [0.29, 0.717) is 6.54 Å². The topological polar surface area (TPSA) is 62.2 Å². The van der Waals surface area contributed by atoms with Crippen molar-refractivity contribution in [2.24, 2.45) is 0 Å². The molecule has 2 rings (SSSR count). The average Bonchev–Trinajstić information content (AvgIpc) is 2.42. The molecule has 0 radical (unpaired) electrons. The fraction of sp³-hybridized carbons (Fsp3) is 0.200. The highest BCUT2D eigenvalue weighted by molar-refractivity contribution is 5.75. The lowest BCUT2D eigenvalue weighted by atomic mass is 10.0. The Kier molecular flexibility index (Phi) is 4.26. The first kappa shape index (κ1) is 13.2. The summed E-state index contributed by atoms with van der Waals surface area (Å²) in [4.78, 5) is 15.3. The van der Waals surface area contributed by atoms with Crippen molar-refractivity contribution in [3.63, 3.8) is 0 Å². The normalized spacial score (nSPS) is 12.1. The molecule has 0 spiro atoms. The number of rotatable bonds is 5. The van der Waals surface area contributed by atoms with Crippen LogP contribution in [-0.4, -0.2) is 16.1 Å². The van der Waals surface area contributed by atoms with Gasteiger partial charge in [0.25, 0.3) is 0 Å². The van der Waals surface area contributed by atoms with Crippen molar-refractivity contribution in [3.05, 3.63) is 65.5 Å². The van der Waals surface area contributed by atoms with Crippen LogP contribution in [0.1, 0.15) is 22.7 Å². The number of hydrogen-bond acceptors (Lipinski definition) is 3. The lowest BCUT2D eigenvalue weighted by molar-refractivity contribution is -0.139. The predicted octanol–water partition coefficient (Wildman–Crippen LogP) is 2.31. The summed E-state index contributed by atoms with van der Waals surface area (Å²) in [5.74, 6) is -0.877. The van der Waals surface area contributed by atoms with Gasteiger partial charge in [0.1, 0.15) is 6.04 Å². The van der Waals surface area contributed by atoms with E-state index in [1.54, 1.807) is 12.4 Å². The van der Waals surface area contributed by atoms with Crippen LogP contribution < -0.4 is 5.32 Å². The van der Waals surface area contributed by atoms with Crippen LogP contribution >= 0.6 is 0 Å². The van der Waals surface area contributed by atoms with Crippen LogP contribution in [0.5, 0.6) is 0 Å². The molecular weight excluding hydrogens is 240 g/mol. The molecule has 2 N–H and O–H groups in total. The minimum atomic E-state index is -0.877. The maximum Gasteiger partial charge on any atom is 0.325 e. The van der Waals surface area contributed by atoms with E-state index in [9.17, 15) is 9.90 Å². The maximum atomic E-state index is 11.3. The Labute approximate surface area is 112 Å². The molecule has 19 heavy (non-hydrogen) atoms. The molecule has 0 saturated heterocycles. The lowest BCUT2D eigenvalue weighted by Crippen LogP contribution is -2.28. The molecule has 1 heterocycles. The number of pyridine rings is 1. The van der Waals surface area contributed by atoms with Gasteiger partial charge in [-0.1, -0.05) is 29.8 Å². The SMILES string of the molecule is Cc1ccc(C(NCc2ccncc2)C(=O)O)cc1. The number of aryl methyl sites for hydroxylation is 1. The molecule has 0 amide bonds. The Morgan fingerprint density at radius 3 is 2.42 bits per heavy atom. The third-order valence-corrected chi connectivity index (χ3v) is 2.92. The first-order chi connectivity index (χ1) is 9.16. The second-order valence-corrected chi connectivity index (χ2v) is 4.42. The van der Waals surface area contributed by atoms with Gasteiger partial charge in [0.05, 0.1) is 0 Å². The molecule has 1 unspecified atom stereocenters. The molecule has 4 heteroatoms. The van der Waals surface area contributed by atoms with E-state index in [0.717, 1.165) is 16.7 Å². The highest BCUT2D eigenvalue weighted by Crippen LogP contribution is 2.15. The van der Waals surface area contributed by atoms with Crippen molar-refractivity contribution in [1.82, 2.24) is 10.3 Å². The fourth-order valence-corrected chi connectivity index (χ4v) is 1.83. The molecule has 98 valence electrons. The van der Waals surface area contributed by atoms with Gasteiger partial charge >= 0.3 is 5.97 Å². The molecule has 0 saturated carbocycles. The van der Waals surface area contributed by atoms with Gasteiger partial charge < -0.3 is 5.11 Å². The zero-order chi connectivity index (χ0) is 13.7. The van der Waals surface area contributed by atoms with Crippen LogP contribution in [0, 0.1) is 6.92 Å². The summed E-state index contributed by atoms with van der Waals surface area (Å²) in [5, 5.41) is 12.3. The monoisotopic (exact) mass is 256 g/mol. The van der Waals surface area contributed by atoms with E-state index >= 15 is 0 Å². The lowest BCUT2D eigenvalue weighted by Gasteiger charge is -2.15. The summed E-state index contributed by atoms with van der Waals surface area (Å²) in [5.41, 5.74) is 2.88. The summed E-state index contributed by atoms with van der Waals surface area (Å²) >= 11 is 0. The second kappa shape index (κ2) is 6.11. The summed E-state index contributed by atoms with van der Waals surface area (Å²) < 4.78 is 0. The quantitative estimate of drug-likeness (QED) is 0.861. The van der Waals surface area contributed by atoms with Gasteiger partial charge in [-0.05, 0) is 30.2 Å². The molecule has 1 aromatic carbocycles. The van der Waals surface area contributed by atoms with Gasteiger partial charge in [-0.15, -0.1) is 0 Å². The molecule has 1 aromatic heterocycles. The molecule has 0 bridgehead atoms. The van der Waals surface area contributed by atoms with Crippen molar-refractivity contribution >= 4 is 5.97 Å². The third-order valence-electron chi connectivity index (χ3n) is 2.92. The molecule has 0 aliphatic heterocycles. The van der Waals surface area contributed by atoms with Crippen LogP contribution in [0.3, 0.4) is 0 Å². The summed E-state index contributed by atoms with van der Waals surface area (Å²) in [6.07, 6.45) is 3.39. The average molecular weight is 256 g/mol. The Morgan fingerprint density at radius 1 is 1.21 bits per heavy atom. The number of carbonyl (C=O) groups is 1. The van der Waals surface area contributed by atoms with Crippen molar-refractivity contribution in [2.45, 2.75) is 19.5 Å². The Hall–Kier alpha value is -2.20. The van der Waals surface area contributed by atoms with Gasteiger partial charge in [-0.2, -0.15) is 0 Å². The molecule has 1 atom stereocenters. The van der Waals surface area contributed by atoms with Crippen molar-refractivity contribution in [3.8, 4) is 0 Å². The first-order valence-electron chi connectivity index (χ1n) is 6.08. The summed E-state index contributed by atoms with van der Waals surface area (Å²) in [6, 6.07) is 10.5. The van der Waals surface area contributed by atoms with Crippen molar-refractivity contribution < 1.29 is 9.90 Å². The van der Waals surface area contributed by atoms with Gasteiger partial charge in [0.2, 0.25) is 0 Å². The number of aromatic nitrogens is 1. The molecule has 4 nitrogen and oxygen atoms in total. The second-order valence-electron chi connectivity index (χ2n) is 4.42. The fourth-order valence-electron chi connectivity index (χ4n) is 1.83. The molecule has 2 aromatic rings. The van der Waals surface area contributed by atoms with Crippen LogP contribution in [0.25, 0.3) is 0 Å². The Morgan fingerprint density at radius 2 is 1.84 bits per heavy atom. The molecule has 0 aliphatic rings. The number of aliphatic carboxylic acids is 1. The molecule has 0 aliphatic carbocycles. The van der Waals surface area contributed by atoms with E-state index in [4.69, 9.17) is 0 Å². The summed E-state index contributed by atoms with van der Waals surface area (Å²) in [7, 11) is 0. The highest BCUT2D eigenvalue weighted by Gasteiger charge is 2.18. The van der Waals surface area contributed by atoms with Gasteiger partial charge in [-0.25, -0.2) is 0 Å². The smallest absolute Gasteiger partial charge is 0.325 e. The number of nitrogens with zero attached hydrogens (tertiary/aromatic N) is 1. The minimum Gasteiger partial charge on any atom is -0.480 e. The summed E-state index contributed by atoms with van der Waals surface area (Å²) in [6.45, 7) is 2.47. The van der Waals surface area contributed by atoms with E-state index in [1.807, 2.05) is 43.3 Å². The number of benzene rings is 1. The number of hydrogen-bond donors (Lipinski definition) is 2. The molecular formula is C15H16N2O2.